The molecule has 134 valence electrons. The molecule has 1 unspecified atom stereocenters. The first-order valence-electron chi connectivity index (χ1n) is 8.42. The minimum absolute atomic E-state index is 0.110. The molecule has 25 heavy (non-hydrogen) atoms. The lowest BCUT2D eigenvalue weighted by molar-refractivity contribution is -0.126. The van der Waals surface area contributed by atoms with Crippen LogP contribution in [0.5, 0.6) is 0 Å². The molecule has 0 saturated heterocycles. The van der Waals surface area contributed by atoms with Crippen LogP contribution in [0.3, 0.4) is 0 Å². The van der Waals surface area contributed by atoms with Gasteiger partial charge in [0.2, 0.25) is 0 Å². The molecule has 0 radical (unpaired) electrons. The summed E-state index contributed by atoms with van der Waals surface area (Å²) in [5.41, 5.74) is 1.82. The average Bonchev–Trinajstić information content (AvgIpc) is 2.87. The number of nitrogens with one attached hydrogen (secondary N) is 2. The Hall–Kier alpha value is -2.41. The minimum atomic E-state index is -0.561. The first kappa shape index (κ1) is 17.4. The summed E-state index contributed by atoms with van der Waals surface area (Å²) in [7, 11) is 0. The van der Waals surface area contributed by atoms with Gasteiger partial charge in [-0.1, -0.05) is 12.1 Å². The minimum Gasteiger partial charge on any atom is -0.379 e. The molecule has 3 rings (SSSR count). The highest BCUT2D eigenvalue weighted by molar-refractivity contribution is 6.01. The van der Waals surface area contributed by atoms with Crippen LogP contribution in [0, 0.1) is 5.82 Å². The number of halogens is 1. The predicted molar refractivity (Wildman–Crippen MR) is 90.1 cm³/mol. The second-order valence-corrected chi connectivity index (χ2v) is 6.48. The van der Waals surface area contributed by atoms with Gasteiger partial charge in [0, 0.05) is 13.2 Å². The average molecular weight is 347 g/mol. The number of amides is 3. The van der Waals surface area contributed by atoms with Gasteiger partial charge in [-0.15, -0.1) is 0 Å². The van der Waals surface area contributed by atoms with E-state index in [1.54, 1.807) is 17.0 Å². The van der Waals surface area contributed by atoms with Crippen LogP contribution in [-0.4, -0.2) is 42.6 Å². The van der Waals surface area contributed by atoms with Crippen molar-refractivity contribution in [3.05, 3.63) is 46.9 Å². The van der Waals surface area contributed by atoms with Gasteiger partial charge in [-0.2, -0.15) is 0 Å². The standard InChI is InChI=1S/C18H22FN3O3/c1-11(2)25-9-3-8-22-10-14-15(17(22)23)16(21-18(24)20-14)12-4-6-13(19)7-5-12/h4-7,11,16H,3,8-10H2,1-2H3,(H2,20,21,24). The van der Waals surface area contributed by atoms with E-state index in [1.165, 1.54) is 12.1 Å². The van der Waals surface area contributed by atoms with Crippen LogP contribution in [-0.2, 0) is 9.53 Å². The molecule has 0 aliphatic carbocycles. The van der Waals surface area contributed by atoms with E-state index in [1.807, 2.05) is 13.8 Å². The number of carbonyl (C=O) groups excluding carboxylic acids is 2. The van der Waals surface area contributed by atoms with E-state index >= 15 is 0 Å². The molecule has 2 N–H and O–H groups in total. The Labute approximate surface area is 146 Å². The van der Waals surface area contributed by atoms with Gasteiger partial charge in [-0.05, 0) is 38.0 Å². The van der Waals surface area contributed by atoms with Crippen molar-refractivity contribution in [2.24, 2.45) is 0 Å². The van der Waals surface area contributed by atoms with Crippen LogP contribution in [0.4, 0.5) is 9.18 Å². The Bertz CT molecular complexity index is 700. The lowest BCUT2D eigenvalue weighted by Crippen LogP contribution is -2.44. The topological polar surface area (TPSA) is 70.7 Å². The third kappa shape index (κ3) is 3.82. The van der Waals surface area contributed by atoms with Crippen molar-refractivity contribution in [1.82, 2.24) is 15.5 Å². The smallest absolute Gasteiger partial charge is 0.319 e. The molecular formula is C18H22FN3O3. The van der Waals surface area contributed by atoms with Crippen LogP contribution in [0.15, 0.2) is 35.5 Å². The maximum absolute atomic E-state index is 13.2. The molecule has 1 atom stereocenters. The van der Waals surface area contributed by atoms with Crippen LogP contribution in [0.25, 0.3) is 0 Å². The maximum Gasteiger partial charge on any atom is 0.319 e. The summed E-state index contributed by atoms with van der Waals surface area (Å²) >= 11 is 0. The van der Waals surface area contributed by atoms with Crippen molar-refractivity contribution in [3.8, 4) is 0 Å². The Morgan fingerprint density at radius 1 is 1.28 bits per heavy atom. The number of benzene rings is 1. The summed E-state index contributed by atoms with van der Waals surface area (Å²) in [5, 5.41) is 5.47. The van der Waals surface area contributed by atoms with Gasteiger partial charge in [0.15, 0.2) is 0 Å². The van der Waals surface area contributed by atoms with Crippen LogP contribution >= 0.6 is 0 Å². The summed E-state index contributed by atoms with van der Waals surface area (Å²) < 4.78 is 18.7. The first-order valence-corrected chi connectivity index (χ1v) is 8.42. The fourth-order valence-electron chi connectivity index (χ4n) is 3.09. The lowest BCUT2D eigenvalue weighted by atomic mass is 9.96. The highest BCUT2D eigenvalue weighted by Gasteiger charge is 2.40. The number of ether oxygens (including phenoxy) is 1. The van der Waals surface area contributed by atoms with Gasteiger partial charge in [0.1, 0.15) is 5.82 Å². The van der Waals surface area contributed by atoms with E-state index in [9.17, 15) is 14.0 Å². The fourth-order valence-corrected chi connectivity index (χ4v) is 3.09. The molecule has 2 aliphatic rings. The molecule has 2 aliphatic heterocycles. The quantitative estimate of drug-likeness (QED) is 0.774. The number of hydrogen-bond acceptors (Lipinski definition) is 3. The molecule has 0 aromatic heterocycles. The van der Waals surface area contributed by atoms with E-state index in [4.69, 9.17) is 4.74 Å². The largest absolute Gasteiger partial charge is 0.379 e. The van der Waals surface area contributed by atoms with Gasteiger partial charge in [-0.3, -0.25) is 4.79 Å². The zero-order chi connectivity index (χ0) is 18.0. The van der Waals surface area contributed by atoms with Gasteiger partial charge < -0.3 is 20.3 Å². The molecule has 7 heteroatoms. The Balaban J connectivity index is 1.73. The summed E-state index contributed by atoms with van der Waals surface area (Å²) in [6.45, 7) is 5.45. The zero-order valence-electron chi connectivity index (χ0n) is 14.3. The van der Waals surface area contributed by atoms with Gasteiger partial charge in [-0.25, -0.2) is 9.18 Å². The molecule has 6 nitrogen and oxygen atoms in total. The SMILES string of the molecule is CC(C)OCCCN1CC2=C(C1=O)C(c1ccc(F)cc1)NC(=O)N2. The van der Waals surface area contributed by atoms with Crippen LogP contribution in [0.2, 0.25) is 0 Å². The number of nitrogens with zero attached hydrogens (tertiary/aromatic N) is 1. The summed E-state index contributed by atoms with van der Waals surface area (Å²) in [6.07, 6.45) is 0.888. The van der Waals surface area contributed by atoms with Crippen molar-refractivity contribution in [2.45, 2.75) is 32.4 Å². The lowest BCUT2D eigenvalue weighted by Gasteiger charge is -2.25. The van der Waals surface area contributed by atoms with Crippen LogP contribution in [0.1, 0.15) is 31.9 Å². The summed E-state index contributed by atoms with van der Waals surface area (Å²) in [5.74, 6) is -0.468. The van der Waals surface area contributed by atoms with Crippen molar-refractivity contribution >= 4 is 11.9 Å². The predicted octanol–water partition coefficient (Wildman–Crippen LogP) is 2.09. The Morgan fingerprint density at radius 3 is 2.68 bits per heavy atom. The number of urea groups is 1. The monoisotopic (exact) mass is 347 g/mol. The normalized spacial score (nSPS) is 20.0. The first-order chi connectivity index (χ1) is 12.0. The fraction of sp³-hybridized carbons (Fsp3) is 0.444. The molecule has 0 fully saturated rings. The second kappa shape index (κ2) is 7.23. The van der Waals surface area contributed by atoms with Gasteiger partial charge in [0.25, 0.3) is 5.91 Å². The third-order valence-electron chi connectivity index (χ3n) is 4.25. The summed E-state index contributed by atoms with van der Waals surface area (Å²) in [4.78, 5) is 26.4. The van der Waals surface area contributed by atoms with Crippen LogP contribution < -0.4 is 10.6 Å². The zero-order valence-corrected chi connectivity index (χ0v) is 14.3. The third-order valence-corrected chi connectivity index (χ3v) is 4.25. The Kier molecular flexibility index (Phi) is 5.03. The summed E-state index contributed by atoms with van der Waals surface area (Å²) in [6, 6.07) is 4.90. The number of carbonyl (C=O) groups is 2. The molecule has 0 saturated carbocycles. The molecule has 2 heterocycles. The highest BCUT2D eigenvalue weighted by atomic mass is 19.1. The van der Waals surface area contributed by atoms with E-state index < -0.39 is 6.04 Å². The second-order valence-electron chi connectivity index (χ2n) is 6.48. The van der Waals surface area contributed by atoms with Gasteiger partial charge >= 0.3 is 6.03 Å². The number of rotatable bonds is 6. The highest BCUT2D eigenvalue weighted by Crippen LogP contribution is 2.32. The van der Waals surface area contributed by atoms with E-state index in [0.29, 0.717) is 36.5 Å². The van der Waals surface area contributed by atoms with E-state index in [-0.39, 0.29) is 23.9 Å². The molecule has 1 aromatic carbocycles. The van der Waals surface area contributed by atoms with Crippen molar-refractivity contribution in [1.29, 1.82) is 0 Å². The molecule has 0 bridgehead atoms. The molecule has 3 amide bonds. The molecular weight excluding hydrogens is 325 g/mol. The maximum atomic E-state index is 13.2. The van der Waals surface area contributed by atoms with Crippen molar-refractivity contribution in [3.63, 3.8) is 0 Å². The van der Waals surface area contributed by atoms with Crippen molar-refractivity contribution in [2.75, 3.05) is 19.7 Å². The van der Waals surface area contributed by atoms with E-state index in [2.05, 4.69) is 10.6 Å². The van der Waals surface area contributed by atoms with E-state index in [0.717, 1.165) is 6.42 Å². The molecule has 0 spiro atoms. The molecule has 1 aromatic rings. The van der Waals surface area contributed by atoms with Crippen molar-refractivity contribution < 1.29 is 18.7 Å². The van der Waals surface area contributed by atoms with Gasteiger partial charge in [0.05, 0.1) is 30.0 Å². The Morgan fingerprint density at radius 2 is 2.00 bits per heavy atom. The number of hydrogen-bond donors (Lipinski definition) is 2.